The molecule has 146 valence electrons. The number of carbonyl (C=O) groups is 1. The van der Waals surface area contributed by atoms with Gasteiger partial charge in [-0.25, -0.2) is 4.98 Å². The average molecular weight is 370 g/mol. The van der Waals surface area contributed by atoms with Gasteiger partial charge in [-0.3, -0.25) is 4.79 Å². The fourth-order valence-corrected chi connectivity index (χ4v) is 4.31. The van der Waals surface area contributed by atoms with E-state index in [1.54, 1.807) is 0 Å². The lowest BCUT2D eigenvalue weighted by atomic mass is 9.97. The highest BCUT2D eigenvalue weighted by molar-refractivity contribution is 5.80. The molecule has 1 aromatic heterocycles. The van der Waals surface area contributed by atoms with E-state index in [4.69, 9.17) is 4.98 Å². The number of carbonyl (C=O) groups excluding carboxylic acids is 1. The van der Waals surface area contributed by atoms with Gasteiger partial charge in [0.05, 0.1) is 17.0 Å². The fraction of sp³-hybridized carbons (Fsp3) is 0.619. The van der Waals surface area contributed by atoms with Crippen molar-refractivity contribution in [2.45, 2.75) is 39.0 Å². The highest BCUT2D eigenvalue weighted by Gasteiger charge is 2.27. The average Bonchev–Trinajstić information content (AvgIpc) is 3.34. The van der Waals surface area contributed by atoms with Crippen LogP contribution in [0.2, 0.25) is 0 Å². The largest absolute Gasteiger partial charge is 0.356 e. The quantitative estimate of drug-likeness (QED) is 0.769. The van der Waals surface area contributed by atoms with Crippen LogP contribution >= 0.6 is 0 Å². The van der Waals surface area contributed by atoms with Crippen molar-refractivity contribution in [3.05, 3.63) is 23.8 Å². The monoisotopic (exact) mass is 369 g/mol. The van der Waals surface area contributed by atoms with Gasteiger partial charge in [-0.2, -0.15) is 0 Å². The van der Waals surface area contributed by atoms with Crippen LogP contribution in [-0.4, -0.2) is 60.0 Å². The van der Waals surface area contributed by atoms with Crippen LogP contribution in [0, 0.1) is 12.8 Å². The third kappa shape index (κ3) is 4.43. The Morgan fingerprint density at radius 2 is 2.11 bits per heavy atom. The molecule has 0 spiro atoms. The summed E-state index contributed by atoms with van der Waals surface area (Å²) in [7, 11) is 0. The summed E-state index contributed by atoms with van der Waals surface area (Å²) in [5.41, 5.74) is 3.28. The molecule has 27 heavy (non-hydrogen) atoms. The third-order valence-electron chi connectivity index (χ3n) is 5.87. The second kappa shape index (κ2) is 8.30. The zero-order chi connectivity index (χ0) is 18.6. The number of amides is 1. The SMILES string of the molecule is Cc1ccc2nc(N3CCCC(C(=O)NCCCN4CCCC4)C3)[nH]c2c1. The second-order valence-electron chi connectivity index (χ2n) is 8.06. The van der Waals surface area contributed by atoms with Gasteiger partial charge in [-0.15, -0.1) is 0 Å². The van der Waals surface area contributed by atoms with Crippen LogP contribution in [0.25, 0.3) is 11.0 Å². The summed E-state index contributed by atoms with van der Waals surface area (Å²) in [6, 6.07) is 6.26. The zero-order valence-corrected chi connectivity index (χ0v) is 16.3. The van der Waals surface area contributed by atoms with Gasteiger partial charge in [0.2, 0.25) is 11.9 Å². The number of H-pyrrole nitrogens is 1. The predicted molar refractivity (Wildman–Crippen MR) is 109 cm³/mol. The molecule has 6 heteroatoms. The van der Waals surface area contributed by atoms with Gasteiger partial charge in [0.15, 0.2) is 0 Å². The smallest absolute Gasteiger partial charge is 0.224 e. The Morgan fingerprint density at radius 3 is 2.96 bits per heavy atom. The number of nitrogens with one attached hydrogen (secondary N) is 2. The number of hydrogen-bond donors (Lipinski definition) is 2. The van der Waals surface area contributed by atoms with E-state index in [0.29, 0.717) is 0 Å². The van der Waals surface area contributed by atoms with E-state index in [-0.39, 0.29) is 11.8 Å². The van der Waals surface area contributed by atoms with E-state index in [1.165, 1.54) is 31.5 Å². The number of fused-ring (bicyclic) bond motifs is 1. The molecule has 2 N–H and O–H groups in total. The molecule has 1 unspecified atom stereocenters. The van der Waals surface area contributed by atoms with Crippen LogP contribution in [0.4, 0.5) is 5.95 Å². The minimum absolute atomic E-state index is 0.0560. The maximum absolute atomic E-state index is 12.6. The Bertz CT molecular complexity index is 780. The summed E-state index contributed by atoms with van der Waals surface area (Å²) in [6.45, 7) is 8.13. The number of piperidine rings is 1. The van der Waals surface area contributed by atoms with E-state index >= 15 is 0 Å². The number of aromatic amines is 1. The molecule has 1 atom stereocenters. The van der Waals surface area contributed by atoms with Gasteiger partial charge < -0.3 is 20.1 Å². The van der Waals surface area contributed by atoms with Gasteiger partial charge in [0.1, 0.15) is 0 Å². The van der Waals surface area contributed by atoms with Crippen molar-refractivity contribution in [1.82, 2.24) is 20.2 Å². The molecule has 0 radical (unpaired) electrons. The molecule has 4 rings (SSSR count). The summed E-state index contributed by atoms with van der Waals surface area (Å²) in [5, 5.41) is 3.16. The van der Waals surface area contributed by atoms with Gasteiger partial charge >= 0.3 is 0 Å². The van der Waals surface area contributed by atoms with E-state index in [9.17, 15) is 4.79 Å². The number of benzene rings is 1. The lowest BCUT2D eigenvalue weighted by Gasteiger charge is -2.31. The first-order valence-corrected chi connectivity index (χ1v) is 10.4. The predicted octanol–water partition coefficient (Wildman–Crippen LogP) is 2.69. The van der Waals surface area contributed by atoms with Gasteiger partial charge in [-0.1, -0.05) is 6.07 Å². The molecule has 2 fully saturated rings. The van der Waals surface area contributed by atoms with E-state index < -0.39 is 0 Å². The first-order chi connectivity index (χ1) is 13.2. The second-order valence-corrected chi connectivity index (χ2v) is 8.06. The molecular formula is C21H31N5O. The molecule has 1 aromatic carbocycles. The van der Waals surface area contributed by atoms with Crippen LogP contribution in [0.3, 0.4) is 0 Å². The number of aryl methyl sites for hydroxylation is 1. The van der Waals surface area contributed by atoms with Crippen LogP contribution in [-0.2, 0) is 4.79 Å². The zero-order valence-electron chi connectivity index (χ0n) is 16.3. The standard InChI is InChI=1S/C21H31N5O/c1-16-7-8-18-19(14-16)24-21(23-18)26-13-4-6-17(15-26)20(27)22-9-5-12-25-10-2-3-11-25/h7-8,14,17H,2-6,9-13,15H2,1H3,(H,22,27)(H,23,24). The van der Waals surface area contributed by atoms with Gasteiger partial charge in [0, 0.05) is 19.6 Å². The first-order valence-electron chi connectivity index (χ1n) is 10.4. The van der Waals surface area contributed by atoms with Crippen molar-refractivity contribution in [2.75, 3.05) is 44.2 Å². The minimum atomic E-state index is 0.0560. The highest BCUT2D eigenvalue weighted by Crippen LogP contribution is 2.24. The molecule has 2 aliphatic heterocycles. The maximum atomic E-state index is 12.6. The Labute approximate surface area is 161 Å². The Balaban J connectivity index is 1.29. The minimum Gasteiger partial charge on any atom is -0.356 e. The Kier molecular flexibility index (Phi) is 5.62. The van der Waals surface area contributed by atoms with E-state index in [0.717, 1.165) is 62.4 Å². The van der Waals surface area contributed by atoms with E-state index in [2.05, 4.69) is 45.2 Å². The molecule has 0 aliphatic carbocycles. The van der Waals surface area contributed by atoms with Crippen molar-refractivity contribution < 1.29 is 4.79 Å². The van der Waals surface area contributed by atoms with Crippen molar-refractivity contribution in [1.29, 1.82) is 0 Å². The summed E-state index contributed by atoms with van der Waals surface area (Å²) in [6.07, 6.45) is 5.69. The van der Waals surface area contributed by atoms with Crippen molar-refractivity contribution in [3.8, 4) is 0 Å². The normalized spacial score (nSPS) is 21.1. The van der Waals surface area contributed by atoms with Crippen molar-refractivity contribution in [3.63, 3.8) is 0 Å². The van der Waals surface area contributed by atoms with Gasteiger partial charge in [0.25, 0.3) is 0 Å². The number of aromatic nitrogens is 2. The number of anilines is 1. The topological polar surface area (TPSA) is 64.3 Å². The molecule has 0 saturated carbocycles. The summed E-state index contributed by atoms with van der Waals surface area (Å²) < 4.78 is 0. The summed E-state index contributed by atoms with van der Waals surface area (Å²) in [5.74, 6) is 1.15. The number of nitrogens with zero attached hydrogens (tertiary/aromatic N) is 3. The molecular weight excluding hydrogens is 338 g/mol. The lowest BCUT2D eigenvalue weighted by Crippen LogP contribution is -2.44. The molecule has 2 aliphatic rings. The van der Waals surface area contributed by atoms with Gasteiger partial charge in [-0.05, 0) is 76.4 Å². The number of imidazole rings is 1. The van der Waals surface area contributed by atoms with Crippen molar-refractivity contribution in [2.24, 2.45) is 5.92 Å². The molecule has 6 nitrogen and oxygen atoms in total. The number of rotatable bonds is 6. The summed E-state index contributed by atoms with van der Waals surface area (Å²) >= 11 is 0. The molecule has 2 aromatic rings. The van der Waals surface area contributed by atoms with Crippen LogP contribution in [0.1, 0.15) is 37.7 Å². The van der Waals surface area contributed by atoms with Crippen LogP contribution < -0.4 is 10.2 Å². The summed E-state index contributed by atoms with van der Waals surface area (Å²) in [4.78, 5) is 25.5. The maximum Gasteiger partial charge on any atom is 0.224 e. The fourth-order valence-electron chi connectivity index (χ4n) is 4.31. The third-order valence-corrected chi connectivity index (χ3v) is 5.87. The van der Waals surface area contributed by atoms with E-state index in [1.807, 2.05) is 0 Å². The molecule has 2 saturated heterocycles. The Hall–Kier alpha value is -2.08. The Morgan fingerprint density at radius 1 is 1.26 bits per heavy atom. The van der Waals surface area contributed by atoms with Crippen molar-refractivity contribution >= 4 is 22.9 Å². The number of hydrogen-bond acceptors (Lipinski definition) is 4. The molecule has 3 heterocycles. The molecule has 1 amide bonds. The van der Waals surface area contributed by atoms with Crippen LogP contribution in [0.5, 0.6) is 0 Å². The van der Waals surface area contributed by atoms with Crippen LogP contribution in [0.15, 0.2) is 18.2 Å². The lowest BCUT2D eigenvalue weighted by molar-refractivity contribution is -0.125. The first kappa shape index (κ1) is 18.3. The highest BCUT2D eigenvalue weighted by atomic mass is 16.1. The number of likely N-dealkylation sites (tertiary alicyclic amines) is 1. The molecule has 0 bridgehead atoms.